The molecule has 0 aromatic carbocycles. The van der Waals surface area contributed by atoms with Gasteiger partial charge in [-0.1, -0.05) is 31.0 Å². The Balaban J connectivity index is 1.58. The first-order chi connectivity index (χ1) is 17.4. The van der Waals surface area contributed by atoms with Crippen molar-refractivity contribution in [1.82, 2.24) is 5.32 Å². The van der Waals surface area contributed by atoms with Crippen molar-refractivity contribution in [3.8, 4) is 0 Å². The zero-order valence-electron chi connectivity index (χ0n) is 20.8. The summed E-state index contributed by atoms with van der Waals surface area (Å²) in [5.74, 6) is -1.14. The molecule has 4 N–H and O–H groups in total. The third kappa shape index (κ3) is 5.78. The van der Waals surface area contributed by atoms with E-state index in [0.717, 1.165) is 73.6 Å². The molecule has 3 aliphatic rings. The van der Waals surface area contributed by atoms with Crippen LogP contribution in [-0.2, 0) is 31.9 Å². The number of nitrogens with two attached hydrogens (primary N) is 1. The molecule has 36 heavy (non-hydrogen) atoms. The van der Waals surface area contributed by atoms with Gasteiger partial charge < -0.3 is 25.8 Å². The lowest BCUT2D eigenvalue weighted by molar-refractivity contribution is -0.117. The number of fused-ring (bicyclic) bond motifs is 1. The number of esters is 1. The molecule has 0 spiro atoms. The maximum atomic E-state index is 13.4. The van der Waals surface area contributed by atoms with Gasteiger partial charge in [-0.05, 0) is 44.1 Å². The number of hydrogen-bond acceptors (Lipinski definition) is 9. The van der Waals surface area contributed by atoms with Crippen LogP contribution in [0.4, 0.5) is 5.00 Å². The van der Waals surface area contributed by atoms with Crippen LogP contribution in [0, 0.1) is 0 Å². The summed E-state index contributed by atoms with van der Waals surface area (Å²) in [4.78, 5) is 44.9. The monoisotopic (exact) mass is 534 g/mol. The van der Waals surface area contributed by atoms with Crippen LogP contribution in [0.5, 0.6) is 0 Å². The van der Waals surface area contributed by atoms with Gasteiger partial charge in [0.2, 0.25) is 5.91 Å². The third-order valence-electron chi connectivity index (χ3n) is 6.77. The summed E-state index contributed by atoms with van der Waals surface area (Å²) in [6, 6.07) is 0.102. The standard InChI is InChI=1S/C25H34N4O5S2/c1-33-13-12-27-23-18(21(30)28-14-8-4-3-5-9-14)19(26)20(36-23)22(31)29-24-17(25(32)34-2)15-10-6-7-11-16(15)35-24/h14,20H,3-13,26H2,1-2H3,(H,28,30)(H,29,31)/t20-/m0/s1. The number of carbonyl (C=O) groups excluding carboxylic acids is 3. The van der Waals surface area contributed by atoms with Gasteiger partial charge in [0.25, 0.3) is 5.91 Å². The van der Waals surface area contributed by atoms with Crippen molar-refractivity contribution in [3.63, 3.8) is 0 Å². The van der Waals surface area contributed by atoms with E-state index < -0.39 is 11.2 Å². The number of nitrogens with one attached hydrogen (secondary N) is 2. The number of rotatable bonds is 8. The molecule has 0 unspecified atom stereocenters. The smallest absolute Gasteiger partial charge is 0.341 e. The summed E-state index contributed by atoms with van der Waals surface area (Å²) < 4.78 is 10.1. The van der Waals surface area contributed by atoms with Crippen molar-refractivity contribution in [2.45, 2.75) is 69.1 Å². The van der Waals surface area contributed by atoms with Crippen LogP contribution in [0.1, 0.15) is 65.7 Å². The highest BCUT2D eigenvalue weighted by Gasteiger charge is 2.39. The van der Waals surface area contributed by atoms with Crippen LogP contribution >= 0.6 is 23.1 Å². The number of thiophene rings is 1. The number of hydrogen-bond donors (Lipinski definition) is 3. The lowest BCUT2D eigenvalue weighted by atomic mass is 9.95. The minimum atomic E-state index is -0.831. The first-order valence-electron chi connectivity index (χ1n) is 12.5. The molecule has 1 atom stereocenters. The molecule has 1 aromatic rings. The highest BCUT2D eigenvalue weighted by atomic mass is 32.2. The van der Waals surface area contributed by atoms with E-state index >= 15 is 0 Å². The van der Waals surface area contributed by atoms with Crippen LogP contribution < -0.4 is 16.4 Å². The van der Waals surface area contributed by atoms with E-state index in [1.807, 2.05) is 0 Å². The Morgan fingerprint density at radius 2 is 1.83 bits per heavy atom. The lowest BCUT2D eigenvalue weighted by Gasteiger charge is -2.23. The van der Waals surface area contributed by atoms with E-state index in [1.54, 1.807) is 7.11 Å². The first kappa shape index (κ1) is 26.7. The van der Waals surface area contributed by atoms with Gasteiger partial charge in [-0.3, -0.25) is 14.6 Å². The van der Waals surface area contributed by atoms with E-state index in [4.69, 9.17) is 15.2 Å². The second-order valence-electron chi connectivity index (χ2n) is 9.21. The summed E-state index contributed by atoms with van der Waals surface area (Å²) >= 11 is 2.58. The molecular weight excluding hydrogens is 500 g/mol. The maximum absolute atomic E-state index is 13.4. The SMILES string of the molecule is COCCN=C1S[C@H](C(=O)Nc2sc3c(c2C(=O)OC)CCCC3)C(N)=C1C(=O)NC1CCCCC1. The van der Waals surface area contributed by atoms with Crippen LogP contribution in [0.25, 0.3) is 0 Å². The molecule has 1 fully saturated rings. The second-order valence-corrected chi connectivity index (χ2v) is 11.4. The molecule has 2 aliphatic carbocycles. The highest BCUT2D eigenvalue weighted by Crippen LogP contribution is 2.40. The minimum absolute atomic E-state index is 0.102. The summed E-state index contributed by atoms with van der Waals surface area (Å²) in [7, 11) is 2.92. The minimum Gasteiger partial charge on any atom is -0.465 e. The predicted molar refractivity (Wildman–Crippen MR) is 143 cm³/mol. The van der Waals surface area contributed by atoms with E-state index in [2.05, 4.69) is 15.6 Å². The third-order valence-corrected chi connectivity index (χ3v) is 9.24. The van der Waals surface area contributed by atoms with Crippen LogP contribution in [0.15, 0.2) is 16.3 Å². The average molecular weight is 535 g/mol. The Kier molecular flexibility index (Phi) is 9.08. The molecule has 1 aliphatic heterocycles. The van der Waals surface area contributed by atoms with Crippen LogP contribution in [-0.4, -0.2) is 61.5 Å². The number of ether oxygens (including phenoxy) is 2. The number of aryl methyl sites for hydroxylation is 1. The summed E-state index contributed by atoms with van der Waals surface area (Å²) in [6.07, 6.45) is 8.93. The van der Waals surface area contributed by atoms with E-state index in [9.17, 15) is 14.4 Å². The van der Waals surface area contributed by atoms with Crippen LogP contribution in [0.2, 0.25) is 0 Å². The Hall–Kier alpha value is -2.37. The summed E-state index contributed by atoms with van der Waals surface area (Å²) in [5, 5.41) is 6.10. The van der Waals surface area contributed by atoms with Gasteiger partial charge in [0.1, 0.15) is 15.3 Å². The lowest BCUT2D eigenvalue weighted by Crippen LogP contribution is -2.39. The molecule has 2 amide bonds. The average Bonchev–Trinajstić information content (AvgIpc) is 3.41. The normalized spacial score (nSPS) is 21.4. The number of carbonyl (C=O) groups is 3. The fraction of sp³-hybridized carbons (Fsp3) is 0.600. The fourth-order valence-electron chi connectivity index (χ4n) is 4.92. The Morgan fingerprint density at radius 3 is 2.56 bits per heavy atom. The molecule has 196 valence electrons. The molecule has 2 heterocycles. The van der Waals surface area contributed by atoms with Gasteiger partial charge in [-0.25, -0.2) is 4.79 Å². The first-order valence-corrected chi connectivity index (χ1v) is 14.2. The number of nitrogens with zero attached hydrogens (tertiary/aromatic N) is 1. The molecule has 1 saturated carbocycles. The number of amides is 2. The van der Waals surface area contributed by atoms with E-state index in [1.165, 1.54) is 24.9 Å². The van der Waals surface area contributed by atoms with Crippen molar-refractivity contribution in [2.24, 2.45) is 10.7 Å². The van der Waals surface area contributed by atoms with Crippen LogP contribution in [0.3, 0.4) is 0 Å². The highest BCUT2D eigenvalue weighted by molar-refractivity contribution is 8.16. The Labute approximate surface area is 219 Å². The zero-order valence-corrected chi connectivity index (χ0v) is 22.4. The van der Waals surface area contributed by atoms with Gasteiger partial charge in [-0.15, -0.1) is 11.3 Å². The van der Waals surface area contributed by atoms with Gasteiger partial charge in [0.05, 0.1) is 31.4 Å². The molecule has 11 heteroatoms. The molecule has 0 saturated heterocycles. The van der Waals surface area contributed by atoms with Crippen molar-refractivity contribution < 1.29 is 23.9 Å². The van der Waals surface area contributed by atoms with Crippen molar-refractivity contribution in [1.29, 1.82) is 0 Å². The van der Waals surface area contributed by atoms with Crippen molar-refractivity contribution >= 4 is 50.9 Å². The maximum Gasteiger partial charge on any atom is 0.341 e. The van der Waals surface area contributed by atoms with E-state index in [-0.39, 0.29) is 29.1 Å². The van der Waals surface area contributed by atoms with Gasteiger partial charge >= 0.3 is 5.97 Å². The van der Waals surface area contributed by atoms with Gasteiger partial charge in [0, 0.05) is 23.7 Å². The molecule has 0 bridgehead atoms. The van der Waals surface area contributed by atoms with E-state index in [0.29, 0.717) is 28.8 Å². The number of anilines is 1. The van der Waals surface area contributed by atoms with Crippen molar-refractivity contribution in [2.75, 3.05) is 32.7 Å². The fourth-order valence-corrected chi connectivity index (χ4v) is 7.33. The zero-order chi connectivity index (χ0) is 25.7. The number of aliphatic imine (C=N–C) groups is 1. The van der Waals surface area contributed by atoms with Gasteiger partial charge in [0.15, 0.2) is 0 Å². The molecule has 1 aromatic heterocycles. The quantitative estimate of drug-likeness (QED) is 0.345. The summed E-state index contributed by atoms with van der Waals surface area (Å²) in [6.45, 7) is 0.742. The predicted octanol–water partition coefficient (Wildman–Crippen LogP) is 3.17. The molecule has 0 radical (unpaired) electrons. The summed E-state index contributed by atoms with van der Waals surface area (Å²) in [5.41, 5.74) is 8.28. The second kappa shape index (κ2) is 12.2. The largest absolute Gasteiger partial charge is 0.465 e. The molecular formula is C25H34N4O5S2. The van der Waals surface area contributed by atoms with Gasteiger partial charge in [-0.2, -0.15) is 0 Å². The molecule has 9 nitrogen and oxygen atoms in total. The molecule has 4 rings (SSSR count). The Bertz CT molecular complexity index is 1070. The number of methoxy groups -OCH3 is 2. The number of thioether (sulfide) groups is 1. The van der Waals surface area contributed by atoms with Crippen molar-refractivity contribution in [3.05, 3.63) is 27.3 Å². The Morgan fingerprint density at radius 1 is 1.08 bits per heavy atom. The topological polar surface area (TPSA) is 132 Å².